The molecule has 1 aliphatic heterocycles. The number of aryl methyl sites for hydroxylation is 1. The Bertz CT molecular complexity index is 836. The van der Waals surface area contributed by atoms with Crippen molar-refractivity contribution in [2.75, 3.05) is 13.1 Å². The topological polar surface area (TPSA) is 71.0 Å². The van der Waals surface area contributed by atoms with Gasteiger partial charge < -0.3 is 4.98 Å². The van der Waals surface area contributed by atoms with Gasteiger partial charge in [0.25, 0.3) is 0 Å². The number of aromatic nitrogens is 3. The molecule has 2 aromatic rings. The summed E-state index contributed by atoms with van der Waals surface area (Å²) in [6.45, 7) is 10.4. The Hall–Kier alpha value is -1.95. The lowest BCUT2D eigenvalue weighted by Gasteiger charge is -2.41. The van der Waals surface area contributed by atoms with E-state index in [9.17, 15) is 9.59 Å². The Morgan fingerprint density at radius 3 is 2.48 bits per heavy atom. The zero-order valence-electron chi connectivity index (χ0n) is 14.2. The van der Waals surface area contributed by atoms with E-state index in [0.29, 0.717) is 11.2 Å². The molecule has 0 unspecified atom stereocenters. The van der Waals surface area contributed by atoms with Crippen LogP contribution in [-0.4, -0.2) is 38.1 Å². The van der Waals surface area contributed by atoms with Gasteiger partial charge in [-0.05, 0) is 52.2 Å². The number of hydrogen-bond acceptors (Lipinski definition) is 4. The number of aromatic amines is 1. The first-order valence-electron chi connectivity index (χ1n) is 8.13. The summed E-state index contributed by atoms with van der Waals surface area (Å²) in [5.74, 6) is 0. The molecule has 3 rings (SSSR count). The van der Waals surface area contributed by atoms with E-state index in [0.717, 1.165) is 31.5 Å². The van der Waals surface area contributed by atoms with Crippen LogP contribution in [0.2, 0.25) is 0 Å². The zero-order chi connectivity index (χ0) is 16.8. The monoisotopic (exact) mass is 316 g/mol. The van der Waals surface area contributed by atoms with Crippen LogP contribution in [0.4, 0.5) is 0 Å². The average molecular weight is 316 g/mol. The van der Waals surface area contributed by atoms with E-state index in [2.05, 4.69) is 35.6 Å². The van der Waals surface area contributed by atoms with Crippen LogP contribution in [0.25, 0.3) is 11.2 Å². The molecule has 124 valence electrons. The summed E-state index contributed by atoms with van der Waals surface area (Å²) in [5, 5.41) is 0. The number of pyridine rings is 1. The lowest BCUT2D eigenvalue weighted by Crippen LogP contribution is -2.48. The summed E-state index contributed by atoms with van der Waals surface area (Å²) < 4.78 is 1.60. The van der Waals surface area contributed by atoms with Gasteiger partial charge in [0.2, 0.25) is 0 Å². The quantitative estimate of drug-likeness (QED) is 0.815. The molecule has 6 nitrogen and oxygen atoms in total. The van der Waals surface area contributed by atoms with Crippen molar-refractivity contribution < 1.29 is 0 Å². The van der Waals surface area contributed by atoms with Gasteiger partial charge in [0, 0.05) is 30.9 Å². The van der Waals surface area contributed by atoms with Crippen molar-refractivity contribution in [1.29, 1.82) is 0 Å². The zero-order valence-corrected chi connectivity index (χ0v) is 14.2. The van der Waals surface area contributed by atoms with Crippen molar-refractivity contribution in [3.8, 4) is 0 Å². The van der Waals surface area contributed by atoms with E-state index in [4.69, 9.17) is 0 Å². The van der Waals surface area contributed by atoms with Crippen molar-refractivity contribution in [3.05, 3.63) is 38.5 Å². The average Bonchev–Trinajstić information content (AvgIpc) is 2.48. The predicted molar refractivity (Wildman–Crippen MR) is 91.0 cm³/mol. The number of nitrogens with zero attached hydrogens (tertiary/aromatic N) is 3. The highest BCUT2D eigenvalue weighted by Gasteiger charge is 2.29. The minimum absolute atomic E-state index is 0.0288. The molecule has 3 heterocycles. The third kappa shape index (κ3) is 2.95. The van der Waals surface area contributed by atoms with Gasteiger partial charge in [-0.1, -0.05) is 0 Å². The first kappa shape index (κ1) is 15.9. The van der Waals surface area contributed by atoms with Gasteiger partial charge in [0.1, 0.15) is 0 Å². The van der Waals surface area contributed by atoms with E-state index in [-0.39, 0.29) is 11.6 Å². The molecular weight excluding hydrogens is 292 g/mol. The molecule has 1 aliphatic rings. The lowest BCUT2D eigenvalue weighted by molar-refractivity contribution is 0.0898. The van der Waals surface area contributed by atoms with E-state index in [1.807, 2.05) is 13.0 Å². The molecule has 0 aromatic carbocycles. The van der Waals surface area contributed by atoms with Crippen LogP contribution in [0.3, 0.4) is 0 Å². The van der Waals surface area contributed by atoms with Crippen molar-refractivity contribution in [2.45, 2.75) is 52.1 Å². The molecule has 23 heavy (non-hydrogen) atoms. The van der Waals surface area contributed by atoms with Crippen LogP contribution in [0.1, 0.15) is 45.2 Å². The molecule has 0 spiro atoms. The summed E-state index contributed by atoms with van der Waals surface area (Å²) in [6.07, 6.45) is 3.44. The molecule has 1 fully saturated rings. The van der Waals surface area contributed by atoms with Gasteiger partial charge in [0.05, 0.1) is 5.52 Å². The van der Waals surface area contributed by atoms with Crippen LogP contribution in [-0.2, 0) is 0 Å². The van der Waals surface area contributed by atoms with E-state index >= 15 is 0 Å². The fourth-order valence-electron chi connectivity index (χ4n) is 3.36. The minimum Gasteiger partial charge on any atom is -0.315 e. The van der Waals surface area contributed by atoms with Crippen LogP contribution < -0.4 is 11.1 Å². The van der Waals surface area contributed by atoms with Gasteiger partial charge in [-0.15, -0.1) is 0 Å². The summed E-state index contributed by atoms with van der Waals surface area (Å²) in [5.41, 5.74) is 1.23. The molecular formula is C17H24N4O2. The molecule has 0 saturated carbocycles. The number of fused-ring (bicyclic) bond motifs is 1. The number of piperidine rings is 1. The molecule has 0 radical (unpaired) electrons. The van der Waals surface area contributed by atoms with Crippen LogP contribution in [0.15, 0.2) is 21.9 Å². The molecule has 1 saturated heterocycles. The van der Waals surface area contributed by atoms with Crippen molar-refractivity contribution >= 4 is 11.2 Å². The second kappa shape index (κ2) is 5.60. The van der Waals surface area contributed by atoms with Crippen molar-refractivity contribution in [2.24, 2.45) is 0 Å². The maximum absolute atomic E-state index is 12.4. The highest BCUT2D eigenvalue weighted by atomic mass is 16.2. The Morgan fingerprint density at radius 1 is 1.22 bits per heavy atom. The van der Waals surface area contributed by atoms with Crippen LogP contribution in [0.5, 0.6) is 0 Å². The molecule has 1 N–H and O–H groups in total. The molecule has 0 aliphatic carbocycles. The Kier molecular flexibility index (Phi) is 3.88. The first-order chi connectivity index (χ1) is 10.8. The SMILES string of the molecule is Cc1cnc2c(c1)[nH]c(=O)c(=O)n2C1CCN(C(C)(C)C)CC1. The second-order valence-electron chi connectivity index (χ2n) is 7.40. The Morgan fingerprint density at radius 2 is 1.87 bits per heavy atom. The summed E-state index contributed by atoms with van der Waals surface area (Å²) >= 11 is 0. The van der Waals surface area contributed by atoms with Crippen molar-refractivity contribution in [1.82, 2.24) is 19.4 Å². The number of likely N-dealkylation sites (tertiary alicyclic amines) is 1. The van der Waals surface area contributed by atoms with Crippen molar-refractivity contribution in [3.63, 3.8) is 0 Å². The summed E-state index contributed by atoms with van der Waals surface area (Å²) in [7, 11) is 0. The van der Waals surface area contributed by atoms with E-state index < -0.39 is 11.1 Å². The fraction of sp³-hybridized carbons (Fsp3) is 0.588. The van der Waals surface area contributed by atoms with Crippen LogP contribution in [0, 0.1) is 6.92 Å². The summed E-state index contributed by atoms with van der Waals surface area (Å²) in [6, 6.07) is 1.89. The Labute approximate surface area is 135 Å². The molecule has 2 aromatic heterocycles. The summed E-state index contributed by atoms with van der Waals surface area (Å²) in [4.78, 5) is 33.9. The number of H-pyrrole nitrogens is 1. The molecule has 0 bridgehead atoms. The second-order valence-corrected chi connectivity index (χ2v) is 7.40. The van der Waals surface area contributed by atoms with E-state index in [1.54, 1.807) is 10.8 Å². The highest BCUT2D eigenvalue weighted by molar-refractivity contribution is 5.70. The highest BCUT2D eigenvalue weighted by Crippen LogP contribution is 2.27. The first-order valence-corrected chi connectivity index (χ1v) is 8.13. The largest absolute Gasteiger partial charge is 0.318 e. The minimum atomic E-state index is -0.567. The molecule has 0 amide bonds. The third-order valence-corrected chi connectivity index (χ3v) is 4.67. The van der Waals surface area contributed by atoms with E-state index in [1.165, 1.54) is 0 Å². The van der Waals surface area contributed by atoms with Gasteiger partial charge in [-0.2, -0.15) is 0 Å². The number of nitrogens with one attached hydrogen (secondary N) is 1. The smallest absolute Gasteiger partial charge is 0.315 e. The van der Waals surface area contributed by atoms with Gasteiger partial charge in [-0.3, -0.25) is 19.1 Å². The number of rotatable bonds is 1. The normalized spacial score (nSPS) is 17.7. The maximum Gasteiger partial charge on any atom is 0.318 e. The van der Waals surface area contributed by atoms with Gasteiger partial charge in [0.15, 0.2) is 5.65 Å². The van der Waals surface area contributed by atoms with Gasteiger partial charge >= 0.3 is 11.1 Å². The van der Waals surface area contributed by atoms with Crippen LogP contribution >= 0.6 is 0 Å². The predicted octanol–water partition coefficient (Wildman–Crippen LogP) is 1.83. The maximum atomic E-state index is 12.4. The van der Waals surface area contributed by atoms with Gasteiger partial charge in [-0.25, -0.2) is 4.98 Å². The Balaban J connectivity index is 2.02. The fourth-order valence-corrected chi connectivity index (χ4v) is 3.36. The molecule has 0 atom stereocenters. The lowest BCUT2D eigenvalue weighted by atomic mass is 9.98. The standard InChI is InChI=1S/C17H24N4O2/c1-11-9-13-14(18-10-11)21(16(23)15(22)19-13)12-5-7-20(8-6-12)17(2,3)4/h9-10,12H,5-8H2,1-4H3,(H,19,22). The molecule has 6 heteroatoms. The number of hydrogen-bond donors (Lipinski definition) is 1. The third-order valence-electron chi connectivity index (χ3n) is 4.67.